The highest BCUT2D eigenvalue weighted by Crippen LogP contribution is 1.81. The van der Waals surface area contributed by atoms with Gasteiger partial charge in [0.2, 0.25) is 0 Å². The lowest BCUT2D eigenvalue weighted by Crippen LogP contribution is -2.40. The first kappa shape index (κ1) is 11.1. The number of urea groups is 1. The van der Waals surface area contributed by atoms with Crippen LogP contribution in [0.1, 0.15) is 13.8 Å². The number of carbonyl (C=O) groups is 1. The lowest BCUT2D eigenvalue weighted by molar-refractivity contribution is 0.165. The summed E-state index contributed by atoms with van der Waals surface area (Å²) in [7, 11) is -4.63. The molecule has 0 atom stereocenters. The Bertz CT molecular complexity index is 246. The van der Waals surface area contributed by atoms with Crippen molar-refractivity contribution in [2.45, 2.75) is 19.9 Å². The molecule has 0 fully saturated rings. The molecule has 0 rings (SSSR count). The van der Waals surface area contributed by atoms with Crippen LogP contribution in [-0.2, 0) is 14.7 Å². The van der Waals surface area contributed by atoms with Crippen LogP contribution in [-0.4, -0.2) is 25.0 Å². The highest BCUT2D eigenvalue weighted by atomic mass is 32.3. The van der Waals surface area contributed by atoms with Gasteiger partial charge in [0, 0.05) is 6.04 Å². The van der Waals surface area contributed by atoms with Crippen molar-refractivity contribution in [3.63, 3.8) is 0 Å². The largest absolute Gasteiger partial charge is 0.418 e. The predicted molar refractivity (Wildman–Crippen MR) is 39.4 cm³/mol. The Morgan fingerprint density at radius 1 is 1.50 bits per heavy atom. The number of nitrogens with one attached hydrogen (secondary N) is 2. The second kappa shape index (κ2) is 4.24. The molecule has 0 radical (unpaired) electrons. The Labute approximate surface area is 70.0 Å². The first-order valence-corrected chi connectivity index (χ1v) is 4.40. The van der Waals surface area contributed by atoms with Gasteiger partial charge in [-0.25, -0.2) is 4.79 Å². The normalized spacial score (nSPS) is 11.3. The SMILES string of the molecule is CC(C)NC(=O)NOS(=O)(=O)O. The second-order valence-electron chi connectivity index (χ2n) is 2.24. The summed E-state index contributed by atoms with van der Waals surface area (Å²) in [5.74, 6) is 0. The third kappa shape index (κ3) is 7.25. The predicted octanol–water partition coefficient (Wildman–Crippen LogP) is -0.572. The monoisotopic (exact) mass is 198 g/mol. The number of carbonyl (C=O) groups excluding carboxylic acids is 1. The van der Waals surface area contributed by atoms with E-state index in [2.05, 4.69) is 9.60 Å². The van der Waals surface area contributed by atoms with E-state index in [1.54, 1.807) is 13.8 Å². The summed E-state index contributed by atoms with van der Waals surface area (Å²) in [5.41, 5.74) is 1.47. The third-order valence-corrected chi connectivity index (χ3v) is 0.953. The summed E-state index contributed by atoms with van der Waals surface area (Å²) in [4.78, 5) is 10.6. The molecule has 7 nitrogen and oxygen atoms in total. The summed E-state index contributed by atoms with van der Waals surface area (Å²) < 4.78 is 31.4. The summed E-state index contributed by atoms with van der Waals surface area (Å²) in [5, 5.41) is 2.26. The smallest absolute Gasteiger partial charge is 0.334 e. The van der Waals surface area contributed by atoms with Crippen molar-refractivity contribution in [3.8, 4) is 0 Å². The molecule has 3 N–H and O–H groups in total. The number of hydroxylamine groups is 1. The maximum Gasteiger partial charge on any atom is 0.418 e. The molecule has 0 spiro atoms. The van der Waals surface area contributed by atoms with Crippen molar-refractivity contribution < 1.29 is 22.0 Å². The van der Waals surface area contributed by atoms with E-state index in [4.69, 9.17) is 4.55 Å². The highest BCUT2D eigenvalue weighted by molar-refractivity contribution is 7.80. The average Bonchev–Trinajstić information content (AvgIpc) is 1.80. The minimum atomic E-state index is -4.63. The second-order valence-corrected chi connectivity index (χ2v) is 3.26. The van der Waals surface area contributed by atoms with Crippen molar-refractivity contribution in [2.24, 2.45) is 0 Å². The zero-order valence-corrected chi connectivity index (χ0v) is 7.38. The molecule has 0 unspecified atom stereocenters. The van der Waals surface area contributed by atoms with Crippen LogP contribution < -0.4 is 10.8 Å². The van der Waals surface area contributed by atoms with Crippen molar-refractivity contribution in [2.75, 3.05) is 0 Å². The van der Waals surface area contributed by atoms with Gasteiger partial charge in [-0.15, -0.1) is 4.28 Å². The standard InChI is InChI=1S/C4H10N2O5S/c1-3(2)5-4(7)6-11-12(8,9)10/h3H,1-2H3,(H2,5,6,7)(H,8,9,10). The molecular formula is C4H10N2O5S. The van der Waals surface area contributed by atoms with Gasteiger partial charge in [0.25, 0.3) is 0 Å². The van der Waals surface area contributed by atoms with Gasteiger partial charge in [-0.05, 0) is 13.8 Å². The molecule has 0 bridgehead atoms. The Hall–Kier alpha value is -0.860. The van der Waals surface area contributed by atoms with Crippen LogP contribution in [0.25, 0.3) is 0 Å². The van der Waals surface area contributed by atoms with Gasteiger partial charge < -0.3 is 5.32 Å². The van der Waals surface area contributed by atoms with Gasteiger partial charge in [0.05, 0.1) is 0 Å². The molecule has 0 aromatic heterocycles. The third-order valence-electron chi connectivity index (χ3n) is 0.659. The average molecular weight is 198 g/mol. The zero-order valence-electron chi connectivity index (χ0n) is 6.57. The maximum atomic E-state index is 10.6. The molecule has 0 aliphatic carbocycles. The van der Waals surface area contributed by atoms with Gasteiger partial charge in [0.15, 0.2) is 0 Å². The minimum Gasteiger partial charge on any atom is -0.334 e. The molecule has 8 heteroatoms. The van der Waals surface area contributed by atoms with E-state index in [1.807, 2.05) is 0 Å². The lowest BCUT2D eigenvalue weighted by atomic mass is 10.4. The maximum absolute atomic E-state index is 10.6. The van der Waals surface area contributed by atoms with E-state index < -0.39 is 16.4 Å². The Morgan fingerprint density at radius 2 is 2.00 bits per heavy atom. The minimum absolute atomic E-state index is 0.157. The first-order chi connectivity index (χ1) is 5.31. The number of hydrogen-bond donors (Lipinski definition) is 3. The fraction of sp³-hybridized carbons (Fsp3) is 0.750. The Morgan fingerprint density at radius 3 is 2.33 bits per heavy atom. The summed E-state index contributed by atoms with van der Waals surface area (Å²) in [6.45, 7) is 3.35. The number of amides is 2. The van der Waals surface area contributed by atoms with Crippen molar-refractivity contribution in [3.05, 3.63) is 0 Å². The highest BCUT2D eigenvalue weighted by Gasteiger charge is 2.08. The summed E-state index contributed by atoms with van der Waals surface area (Å²) in [6, 6.07) is -1.00. The molecule has 0 aliphatic heterocycles. The van der Waals surface area contributed by atoms with Crippen molar-refractivity contribution >= 4 is 16.4 Å². The van der Waals surface area contributed by atoms with Gasteiger partial charge >= 0.3 is 16.4 Å². The molecule has 2 amide bonds. The quantitative estimate of drug-likeness (QED) is 0.416. The van der Waals surface area contributed by atoms with E-state index in [-0.39, 0.29) is 6.04 Å². The van der Waals surface area contributed by atoms with Crippen LogP contribution in [0.15, 0.2) is 0 Å². The molecular weight excluding hydrogens is 188 g/mol. The van der Waals surface area contributed by atoms with Gasteiger partial charge in [-0.1, -0.05) is 0 Å². The van der Waals surface area contributed by atoms with Crippen LogP contribution in [0.4, 0.5) is 4.79 Å². The molecule has 0 aromatic rings. The van der Waals surface area contributed by atoms with Crippen LogP contribution in [0, 0.1) is 0 Å². The van der Waals surface area contributed by atoms with Gasteiger partial charge in [0.1, 0.15) is 0 Å². The molecule has 0 aromatic carbocycles. The molecule has 72 valence electrons. The van der Waals surface area contributed by atoms with Crippen LogP contribution in [0.2, 0.25) is 0 Å². The van der Waals surface area contributed by atoms with Gasteiger partial charge in [-0.3, -0.25) is 4.55 Å². The first-order valence-electron chi connectivity index (χ1n) is 3.03. The molecule has 0 aliphatic rings. The van der Waals surface area contributed by atoms with E-state index in [1.165, 1.54) is 5.48 Å². The fourth-order valence-electron chi connectivity index (χ4n) is 0.382. The Balaban J connectivity index is 3.73. The van der Waals surface area contributed by atoms with Gasteiger partial charge in [-0.2, -0.15) is 13.9 Å². The number of hydrogen-bond acceptors (Lipinski definition) is 4. The van der Waals surface area contributed by atoms with Crippen LogP contribution in [0.5, 0.6) is 0 Å². The van der Waals surface area contributed by atoms with E-state index in [0.717, 1.165) is 0 Å². The zero-order chi connectivity index (χ0) is 9.78. The van der Waals surface area contributed by atoms with Crippen LogP contribution in [0.3, 0.4) is 0 Å². The van der Waals surface area contributed by atoms with E-state index >= 15 is 0 Å². The fourth-order valence-corrected chi connectivity index (χ4v) is 0.563. The lowest BCUT2D eigenvalue weighted by Gasteiger charge is -2.07. The van der Waals surface area contributed by atoms with Crippen molar-refractivity contribution in [1.82, 2.24) is 10.8 Å². The Kier molecular flexibility index (Phi) is 3.93. The van der Waals surface area contributed by atoms with E-state index in [0.29, 0.717) is 0 Å². The van der Waals surface area contributed by atoms with Crippen LogP contribution >= 0.6 is 0 Å². The van der Waals surface area contributed by atoms with E-state index in [9.17, 15) is 13.2 Å². The molecule has 0 saturated carbocycles. The number of rotatable bonds is 3. The summed E-state index contributed by atoms with van der Waals surface area (Å²) in [6.07, 6.45) is 0. The molecule has 0 heterocycles. The molecule has 12 heavy (non-hydrogen) atoms. The molecule has 0 saturated heterocycles. The summed E-state index contributed by atoms with van der Waals surface area (Å²) >= 11 is 0. The topological polar surface area (TPSA) is 105 Å². The van der Waals surface area contributed by atoms with Crippen molar-refractivity contribution in [1.29, 1.82) is 0 Å².